The molecule has 1 saturated heterocycles. The lowest BCUT2D eigenvalue weighted by molar-refractivity contribution is -0.115. The van der Waals surface area contributed by atoms with Gasteiger partial charge in [-0.1, -0.05) is 19.1 Å². The molecule has 1 aliphatic heterocycles. The monoisotopic (exact) mass is 366 g/mol. The molecular formula is C21H26N4O2. The van der Waals surface area contributed by atoms with Crippen molar-refractivity contribution in [1.82, 2.24) is 4.90 Å². The second-order valence-corrected chi connectivity index (χ2v) is 6.74. The summed E-state index contributed by atoms with van der Waals surface area (Å²) in [4.78, 5) is 29.0. The molecule has 0 unspecified atom stereocenters. The van der Waals surface area contributed by atoms with Gasteiger partial charge in [0.1, 0.15) is 0 Å². The van der Waals surface area contributed by atoms with Gasteiger partial charge in [0.05, 0.1) is 11.3 Å². The molecule has 0 spiro atoms. The Balaban J connectivity index is 1.67. The highest BCUT2D eigenvalue weighted by Gasteiger charge is 2.15. The summed E-state index contributed by atoms with van der Waals surface area (Å²) in [5, 5.41) is 5.68. The molecule has 2 amide bonds. The van der Waals surface area contributed by atoms with Gasteiger partial charge in [0.15, 0.2) is 0 Å². The molecular weight excluding hydrogens is 340 g/mol. The predicted molar refractivity (Wildman–Crippen MR) is 109 cm³/mol. The number of anilines is 3. The number of nitrogens with one attached hydrogen (secondary N) is 2. The van der Waals surface area contributed by atoms with Crippen LogP contribution in [-0.2, 0) is 4.79 Å². The lowest BCUT2D eigenvalue weighted by atomic mass is 10.1. The molecule has 2 N–H and O–H groups in total. The number of hydrogen-bond acceptors (Lipinski definition) is 4. The van der Waals surface area contributed by atoms with Crippen LogP contribution >= 0.6 is 0 Å². The minimum absolute atomic E-state index is 0.119. The number of piperazine rings is 1. The summed E-state index contributed by atoms with van der Waals surface area (Å²) < 4.78 is 0. The summed E-state index contributed by atoms with van der Waals surface area (Å²) in [6.45, 7) is 5.90. The highest BCUT2D eigenvalue weighted by atomic mass is 16.2. The van der Waals surface area contributed by atoms with Crippen molar-refractivity contribution in [3.05, 3.63) is 54.1 Å². The van der Waals surface area contributed by atoms with Crippen molar-refractivity contribution in [1.29, 1.82) is 0 Å². The quantitative estimate of drug-likeness (QED) is 0.854. The van der Waals surface area contributed by atoms with Gasteiger partial charge >= 0.3 is 0 Å². The number of carbonyl (C=O) groups excluding carboxylic acids is 2. The van der Waals surface area contributed by atoms with Crippen LogP contribution in [0.5, 0.6) is 0 Å². The van der Waals surface area contributed by atoms with E-state index in [0.29, 0.717) is 17.7 Å². The molecule has 6 nitrogen and oxygen atoms in total. The average Bonchev–Trinajstić information content (AvgIpc) is 2.69. The first-order valence-corrected chi connectivity index (χ1v) is 9.30. The fraction of sp³-hybridized carbons (Fsp3) is 0.333. The fourth-order valence-electron chi connectivity index (χ4n) is 3.05. The molecule has 1 aliphatic rings. The molecule has 6 heteroatoms. The fourth-order valence-corrected chi connectivity index (χ4v) is 3.05. The van der Waals surface area contributed by atoms with E-state index < -0.39 is 0 Å². The van der Waals surface area contributed by atoms with E-state index >= 15 is 0 Å². The van der Waals surface area contributed by atoms with Gasteiger partial charge in [0, 0.05) is 44.0 Å². The van der Waals surface area contributed by atoms with E-state index in [1.54, 1.807) is 31.2 Å². The minimum atomic E-state index is -0.241. The Morgan fingerprint density at radius 3 is 2.26 bits per heavy atom. The number of hydrogen-bond donors (Lipinski definition) is 2. The summed E-state index contributed by atoms with van der Waals surface area (Å²) in [5.74, 6) is -0.360. The second-order valence-electron chi connectivity index (χ2n) is 6.74. The Morgan fingerprint density at radius 1 is 0.926 bits per heavy atom. The van der Waals surface area contributed by atoms with Gasteiger partial charge in [-0.25, -0.2) is 0 Å². The number of carbonyl (C=O) groups is 2. The summed E-state index contributed by atoms with van der Waals surface area (Å²) >= 11 is 0. The largest absolute Gasteiger partial charge is 0.369 e. The molecule has 142 valence electrons. The van der Waals surface area contributed by atoms with Crippen LogP contribution in [0.2, 0.25) is 0 Å². The van der Waals surface area contributed by atoms with Crippen LogP contribution in [0.4, 0.5) is 17.1 Å². The third kappa shape index (κ3) is 4.86. The van der Waals surface area contributed by atoms with Crippen molar-refractivity contribution in [2.45, 2.75) is 13.3 Å². The van der Waals surface area contributed by atoms with Gasteiger partial charge in [0.25, 0.3) is 5.91 Å². The van der Waals surface area contributed by atoms with Crippen LogP contribution in [0.3, 0.4) is 0 Å². The molecule has 2 aromatic rings. The lowest BCUT2D eigenvalue weighted by Gasteiger charge is -2.34. The van der Waals surface area contributed by atoms with Crippen molar-refractivity contribution in [3.63, 3.8) is 0 Å². The number of likely N-dealkylation sites (N-methyl/N-ethyl adjacent to an activating group) is 1. The topological polar surface area (TPSA) is 64.7 Å². The zero-order valence-electron chi connectivity index (χ0n) is 15.9. The zero-order chi connectivity index (χ0) is 19.2. The van der Waals surface area contributed by atoms with Gasteiger partial charge in [-0.15, -0.1) is 0 Å². The second kappa shape index (κ2) is 8.68. The molecule has 27 heavy (non-hydrogen) atoms. The van der Waals surface area contributed by atoms with E-state index in [9.17, 15) is 9.59 Å². The number of benzene rings is 2. The molecule has 1 heterocycles. The van der Waals surface area contributed by atoms with E-state index in [1.807, 2.05) is 24.3 Å². The number of amides is 2. The molecule has 3 rings (SSSR count). The Bertz CT molecular complexity index is 796. The molecule has 0 aliphatic carbocycles. The Kier molecular flexibility index (Phi) is 6.08. The molecule has 0 saturated carbocycles. The first-order chi connectivity index (χ1) is 13.1. The maximum atomic E-state index is 12.6. The van der Waals surface area contributed by atoms with Crippen LogP contribution in [0.25, 0.3) is 0 Å². The maximum absolute atomic E-state index is 12.6. The Hall–Kier alpha value is -2.86. The zero-order valence-corrected chi connectivity index (χ0v) is 15.9. The summed E-state index contributed by atoms with van der Waals surface area (Å²) in [6.07, 6.45) is 0.365. The van der Waals surface area contributed by atoms with Crippen LogP contribution in [0.1, 0.15) is 23.7 Å². The van der Waals surface area contributed by atoms with Gasteiger partial charge in [-0.3, -0.25) is 9.59 Å². The Labute approximate surface area is 160 Å². The maximum Gasteiger partial charge on any atom is 0.257 e. The molecule has 0 aromatic heterocycles. The smallest absolute Gasteiger partial charge is 0.257 e. The number of rotatable bonds is 5. The molecule has 0 atom stereocenters. The predicted octanol–water partition coefficient (Wildman–Crippen LogP) is 3.04. The molecule has 0 bridgehead atoms. The third-order valence-corrected chi connectivity index (χ3v) is 4.76. The van der Waals surface area contributed by atoms with Crippen molar-refractivity contribution in [3.8, 4) is 0 Å². The van der Waals surface area contributed by atoms with Gasteiger partial charge in [0.2, 0.25) is 5.91 Å². The first-order valence-electron chi connectivity index (χ1n) is 9.30. The summed E-state index contributed by atoms with van der Waals surface area (Å²) in [6, 6.07) is 14.9. The highest BCUT2D eigenvalue weighted by molar-refractivity contribution is 6.10. The van der Waals surface area contributed by atoms with E-state index in [4.69, 9.17) is 0 Å². The van der Waals surface area contributed by atoms with Crippen molar-refractivity contribution in [2.75, 3.05) is 48.8 Å². The number of para-hydroxylation sites is 1. The SMILES string of the molecule is CCC(=O)Nc1ccccc1C(=O)Nc1ccc(N2CCN(C)CC2)cc1. The lowest BCUT2D eigenvalue weighted by Crippen LogP contribution is -2.44. The molecule has 1 fully saturated rings. The van der Waals surface area contributed by atoms with Gasteiger partial charge < -0.3 is 20.4 Å². The van der Waals surface area contributed by atoms with Crippen molar-refractivity contribution < 1.29 is 9.59 Å². The van der Waals surface area contributed by atoms with Crippen molar-refractivity contribution in [2.24, 2.45) is 0 Å². The van der Waals surface area contributed by atoms with E-state index in [-0.39, 0.29) is 11.8 Å². The third-order valence-electron chi connectivity index (χ3n) is 4.76. The van der Waals surface area contributed by atoms with Crippen LogP contribution in [-0.4, -0.2) is 49.9 Å². The highest BCUT2D eigenvalue weighted by Crippen LogP contribution is 2.21. The van der Waals surface area contributed by atoms with Gasteiger partial charge in [-0.05, 0) is 43.4 Å². The summed E-state index contributed by atoms with van der Waals surface area (Å²) in [7, 11) is 2.14. The van der Waals surface area contributed by atoms with Crippen LogP contribution in [0.15, 0.2) is 48.5 Å². The van der Waals surface area contributed by atoms with E-state index in [2.05, 4.69) is 27.5 Å². The van der Waals surface area contributed by atoms with Crippen LogP contribution in [0, 0.1) is 0 Å². The Morgan fingerprint density at radius 2 is 1.59 bits per heavy atom. The van der Waals surface area contributed by atoms with E-state index in [0.717, 1.165) is 37.6 Å². The summed E-state index contributed by atoms with van der Waals surface area (Å²) in [5.41, 5.74) is 2.87. The van der Waals surface area contributed by atoms with Crippen molar-refractivity contribution >= 4 is 28.9 Å². The molecule has 0 radical (unpaired) electrons. The number of nitrogens with zero attached hydrogens (tertiary/aromatic N) is 2. The normalized spacial score (nSPS) is 14.7. The van der Waals surface area contributed by atoms with Gasteiger partial charge in [-0.2, -0.15) is 0 Å². The molecule has 2 aromatic carbocycles. The minimum Gasteiger partial charge on any atom is -0.369 e. The first kappa shape index (κ1) is 18.9. The van der Waals surface area contributed by atoms with E-state index in [1.165, 1.54) is 0 Å². The standard InChI is InChI=1S/C21H26N4O2/c1-3-20(26)23-19-7-5-4-6-18(19)21(27)22-16-8-10-17(11-9-16)25-14-12-24(2)13-15-25/h4-11H,3,12-15H2,1-2H3,(H,22,27)(H,23,26). The van der Waals surface area contributed by atoms with Crippen LogP contribution < -0.4 is 15.5 Å². The average molecular weight is 366 g/mol.